The van der Waals surface area contributed by atoms with Gasteiger partial charge in [0.2, 0.25) is 5.91 Å². The van der Waals surface area contributed by atoms with Crippen LogP contribution in [0.3, 0.4) is 0 Å². The zero-order valence-corrected chi connectivity index (χ0v) is 11.1. The summed E-state index contributed by atoms with van der Waals surface area (Å²) in [5.74, 6) is 1.33. The third-order valence-corrected chi connectivity index (χ3v) is 2.72. The van der Waals surface area contributed by atoms with Crippen molar-refractivity contribution in [3.63, 3.8) is 0 Å². The molecule has 1 aromatic carbocycles. The molecule has 1 amide bonds. The van der Waals surface area contributed by atoms with Crippen molar-refractivity contribution in [2.24, 2.45) is 5.73 Å². The number of nitrogens with two attached hydrogens (primary N) is 1. The molecule has 100 valence electrons. The summed E-state index contributed by atoms with van der Waals surface area (Å²) in [7, 11) is 4.88. The Bertz CT molecular complexity index is 407. The second-order valence-corrected chi connectivity index (χ2v) is 3.88. The van der Waals surface area contributed by atoms with Crippen LogP contribution in [0.4, 0.5) is 5.69 Å². The largest absolute Gasteiger partial charge is 0.497 e. The first-order chi connectivity index (χ1) is 8.63. The van der Waals surface area contributed by atoms with E-state index in [9.17, 15) is 4.79 Å². The molecule has 0 heterocycles. The molecule has 2 N–H and O–H groups in total. The van der Waals surface area contributed by atoms with Gasteiger partial charge in [0.25, 0.3) is 0 Å². The first kappa shape index (κ1) is 14.3. The highest BCUT2D eigenvalue weighted by molar-refractivity contribution is 5.94. The molecule has 0 saturated heterocycles. The zero-order valence-electron chi connectivity index (χ0n) is 11.1. The number of methoxy groups -OCH3 is 2. The quantitative estimate of drug-likeness (QED) is 0.831. The Hall–Kier alpha value is -1.75. The van der Waals surface area contributed by atoms with Crippen LogP contribution in [-0.2, 0) is 4.79 Å². The Morgan fingerprint density at radius 3 is 2.61 bits per heavy atom. The van der Waals surface area contributed by atoms with Crippen molar-refractivity contribution < 1.29 is 14.3 Å². The van der Waals surface area contributed by atoms with E-state index >= 15 is 0 Å². The third-order valence-electron chi connectivity index (χ3n) is 2.72. The predicted octanol–water partition coefficient (Wildman–Crippen LogP) is 1.41. The van der Waals surface area contributed by atoms with Crippen LogP contribution in [0.1, 0.15) is 12.8 Å². The van der Waals surface area contributed by atoms with Crippen LogP contribution >= 0.6 is 0 Å². The summed E-state index contributed by atoms with van der Waals surface area (Å²) in [4.78, 5) is 13.5. The van der Waals surface area contributed by atoms with Gasteiger partial charge in [-0.15, -0.1) is 0 Å². The Kier molecular flexibility index (Phi) is 5.45. The van der Waals surface area contributed by atoms with Crippen LogP contribution in [-0.4, -0.2) is 33.7 Å². The molecule has 0 saturated carbocycles. The van der Waals surface area contributed by atoms with Crippen molar-refractivity contribution in [1.29, 1.82) is 0 Å². The molecule has 5 heteroatoms. The number of carbonyl (C=O) groups excluding carboxylic acids is 1. The molecule has 0 aliphatic heterocycles. The van der Waals surface area contributed by atoms with E-state index in [1.807, 2.05) is 0 Å². The number of anilines is 1. The van der Waals surface area contributed by atoms with Gasteiger partial charge in [0, 0.05) is 19.5 Å². The molecular formula is C13H20N2O3. The normalized spacial score (nSPS) is 10.0. The van der Waals surface area contributed by atoms with E-state index in [2.05, 4.69) is 0 Å². The average Bonchev–Trinajstić information content (AvgIpc) is 2.43. The van der Waals surface area contributed by atoms with E-state index in [1.54, 1.807) is 44.4 Å². The first-order valence-electron chi connectivity index (χ1n) is 5.82. The maximum absolute atomic E-state index is 11.9. The average molecular weight is 252 g/mol. The molecule has 0 bridgehead atoms. The van der Waals surface area contributed by atoms with Gasteiger partial charge in [0.1, 0.15) is 11.5 Å². The summed E-state index contributed by atoms with van der Waals surface area (Å²) in [6, 6.07) is 5.35. The lowest BCUT2D eigenvalue weighted by atomic mass is 10.2. The number of ether oxygens (including phenoxy) is 2. The van der Waals surface area contributed by atoms with E-state index < -0.39 is 0 Å². The van der Waals surface area contributed by atoms with Gasteiger partial charge < -0.3 is 20.1 Å². The topological polar surface area (TPSA) is 64.8 Å². The van der Waals surface area contributed by atoms with Crippen LogP contribution in [0.5, 0.6) is 11.5 Å². The van der Waals surface area contributed by atoms with Gasteiger partial charge in [-0.1, -0.05) is 0 Å². The monoisotopic (exact) mass is 252 g/mol. The van der Waals surface area contributed by atoms with Crippen molar-refractivity contribution in [3.8, 4) is 11.5 Å². The summed E-state index contributed by atoms with van der Waals surface area (Å²) >= 11 is 0. The van der Waals surface area contributed by atoms with Gasteiger partial charge in [-0.25, -0.2) is 0 Å². The van der Waals surface area contributed by atoms with Crippen LogP contribution in [0, 0.1) is 0 Å². The number of nitrogens with zero attached hydrogens (tertiary/aromatic N) is 1. The molecule has 0 aromatic heterocycles. The fourth-order valence-corrected chi connectivity index (χ4v) is 1.61. The Morgan fingerprint density at radius 2 is 2.06 bits per heavy atom. The summed E-state index contributed by atoms with van der Waals surface area (Å²) in [5, 5.41) is 0. The van der Waals surface area contributed by atoms with E-state index in [0.717, 1.165) is 0 Å². The molecule has 0 unspecified atom stereocenters. The van der Waals surface area contributed by atoms with E-state index in [1.165, 1.54) is 0 Å². The minimum Gasteiger partial charge on any atom is -0.497 e. The van der Waals surface area contributed by atoms with Crippen LogP contribution < -0.4 is 20.1 Å². The second kappa shape index (κ2) is 6.86. The van der Waals surface area contributed by atoms with Gasteiger partial charge in [-0.2, -0.15) is 0 Å². The lowest BCUT2D eigenvalue weighted by Gasteiger charge is -2.20. The molecule has 0 fully saturated rings. The van der Waals surface area contributed by atoms with Crippen molar-refractivity contribution >= 4 is 11.6 Å². The van der Waals surface area contributed by atoms with Crippen LogP contribution in [0.15, 0.2) is 18.2 Å². The molecule has 0 aliphatic carbocycles. The number of amides is 1. The van der Waals surface area contributed by atoms with Gasteiger partial charge in [0.05, 0.1) is 19.9 Å². The number of hydrogen-bond donors (Lipinski definition) is 1. The number of benzene rings is 1. The van der Waals surface area contributed by atoms with Gasteiger partial charge >= 0.3 is 0 Å². The van der Waals surface area contributed by atoms with Crippen LogP contribution in [0.2, 0.25) is 0 Å². The van der Waals surface area contributed by atoms with Crippen molar-refractivity contribution in [2.45, 2.75) is 12.8 Å². The lowest BCUT2D eigenvalue weighted by molar-refractivity contribution is -0.118. The molecule has 18 heavy (non-hydrogen) atoms. The molecule has 5 nitrogen and oxygen atoms in total. The van der Waals surface area contributed by atoms with E-state index in [4.69, 9.17) is 15.2 Å². The minimum atomic E-state index is 0.00648. The minimum absolute atomic E-state index is 0.00648. The fraction of sp³-hybridized carbons (Fsp3) is 0.462. The lowest BCUT2D eigenvalue weighted by Crippen LogP contribution is -2.27. The number of rotatable bonds is 6. The molecule has 0 aliphatic rings. The Morgan fingerprint density at radius 1 is 1.33 bits per heavy atom. The van der Waals surface area contributed by atoms with Crippen molar-refractivity contribution in [3.05, 3.63) is 18.2 Å². The molecular weight excluding hydrogens is 232 g/mol. The summed E-state index contributed by atoms with van der Waals surface area (Å²) in [6.45, 7) is 0.509. The van der Waals surface area contributed by atoms with Crippen molar-refractivity contribution in [1.82, 2.24) is 0 Å². The van der Waals surface area contributed by atoms with E-state index in [-0.39, 0.29) is 5.91 Å². The molecule has 0 atom stereocenters. The molecule has 1 rings (SSSR count). The van der Waals surface area contributed by atoms with Gasteiger partial charge in [-0.05, 0) is 25.1 Å². The van der Waals surface area contributed by atoms with Gasteiger partial charge in [0.15, 0.2) is 0 Å². The fourth-order valence-electron chi connectivity index (χ4n) is 1.61. The molecule has 1 aromatic rings. The standard InChI is InChI=1S/C13H20N2O3/c1-15(13(16)5-4-8-14)11-9-10(17-2)6-7-12(11)18-3/h6-7,9H,4-5,8,14H2,1-3H3. The SMILES string of the molecule is COc1ccc(OC)c(N(C)C(=O)CCCN)c1. The zero-order chi connectivity index (χ0) is 13.5. The maximum atomic E-state index is 11.9. The number of hydrogen-bond acceptors (Lipinski definition) is 4. The highest BCUT2D eigenvalue weighted by Crippen LogP contribution is 2.31. The van der Waals surface area contributed by atoms with E-state index in [0.29, 0.717) is 36.6 Å². The maximum Gasteiger partial charge on any atom is 0.226 e. The third kappa shape index (κ3) is 3.37. The summed E-state index contributed by atoms with van der Waals surface area (Å²) in [5.41, 5.74) is 6.10. The predicted molar refractivity (Wildman–Crippen MR) is 71.2 cm³/mol. The van der Waals surface area contributed by atoms with Gasteiger partial charge in [-0.3, -0.25) is 4.79 Å². The smallest absolute Gasteiger partial charge is 0.226 e. The first-order valence-corrected chi connectivity index (χ1v) is 5.82. The number of carbonyl (C=O) groups is 1. The second-order valence-electron chi connectivity index (χ2n) is 3.88. The Balaban J connectivity index is 2.94. The highest BCUT2D eigenvalue weighted by atomic mass is 16.5. The molecule has 0 spiro atoms. The summed E-state index contributed by atoms with van der Waals surface area (Å²) in [6.07, 6.45) is 1.10. The van der Waals surface area contributed by atoms with Crippen molar-refractivity contribution in [2.75, 3.05) is 32.7 Å². The summed E-state index contributed by atoms with van der Waals surface area (Å²) < 4.78 is 10.4. The molecule has 0 radical (unpaired) electrons. The highest BCUT2D eigenvalue weighted by Gasteiger charge is 2.15. The Labute approximate surface area is 107 Å². The van der Waals surface area contributed by atoms with Crippen LogP contribution in [0.25, 0.3) is 0 Å².